The molecule has 2 rings (SSSR count). The number of rotatable bonds is 5. The van der Waals surface area contributed by atoms with Crippen molar-refractivity contribution in [2.24, 2.45) is 0 Å². The molecule has 0 spiro atoms. The van der Waals surface area contributed by atoms with Crippen LogP contribution < -0.4 is 0 Å². The summed E-state index contributed by atoms with van der Waals surface area (Å²) >= 11 is 0. The van der Waals surface area contributed by atoms with E-state index in [0.29, 0.717) is 0 Å². The maximum atomic E-state index is 13.8. The molecule has 2 aromatic rings. The van der Waals surface area contributed by atoms with Gasteiger partial charge in [-0.1, -0.05) is 30.3 Å². The third-order valence-corrected chi connectivity index (χ3v) is 3.50. The summed E-state index contributed by atoms with van der Waals surface area (Å²) in [6.45, 7) is 0. The fourth-order valence-corrected chi connectivity index (χ4v) is 2.14. The van der Waals surface area contributed by atoms with E-state index < -0.39 is 35.2 Å². The number of aryl methyl sites for hydroxylation is 1. The molecule has 0 saturated carbocycles. The number of nitrogens with one attached hydrogen (secondary N) is 1. The van der Waals surface area contributed by atoms with E-state index in [1.165, 1.54) is 5.10 Å². The summed E-state index contributed by atoms with van der Waals surface area (Å²) in [5, 5.41) is 4.46. The molecular formula is C15H11F7N2O. The van der Waals surface area contributed by atoms with Crippen LogP contribution >= 0.6 is 0 Å². The largest absolute Gasteiger partial charge is 0.437 e. The van der Waals surface area contributed by atoms with Crippen molar-refractivity contribution in [3.63, 3.8) is 0 Å². The van der Waals surface area contributed by atoms with Crippen LogP contribution in [-0.4, -0.2) is 28.3 Å². The normalized spacial score (nSPS) is 13.1. The molecule has 1 aromatic carbocycles. The van der Waals surface area contributed by atoms with Gasteiger partial charge in [-0.2, -0.15) is 31.4 Å². The van der Waals surface area contributed by atoms with Crippen LogP contribution in [0.15, 0.2) is 36.4 Å². The molecule has 136 valence electrons. The summed E-state index contributed by atoms with van der Waals surface area (Å²) in [5.74, 6) is -0.807. The highest BCUT2D eigenvalue weighted by Gasteiger charge is 2.74. The van der Waals surface area contributed by atoms with Crippen molar-refractivity contribution in [2.45, 2.75) is 30.9 Å². The minimum Gasteiger partial charge on any atom is -0.292 e. The predicted octanol–water partition coefficient (Wildman–Crippen LogP) is 4.51. The Labute approximate surface area is 136 Å². The monoisotopic (exact) mass is 368 g/mol. The zero-order chi connectivity index (χ0) is 18.9. The number of ketones is 1. The molecule has 0 fully saturated rings. The Morgan fingerprint density at radius 1 is 0.960 bits per heavy atom. The van der Waals surface area contributed by atoms with E-state index in [1.807, 2.05) is 0 Å². The first-order valence-corrected chi connectivity index (χ1v) is 6.92. The maximum Gasteiger partial charge on any atom is 0.437 e. The summed E-state index contributed by atoms with van der Waals surface area (Å²) in [6.07, 6.45) is -12.5. The van der Waals surface area contributed by atoms with E-state index in [1.54, 1.807) is 30.3 Å². The second-order valence-corrected chi connectivity index (χ2v) is 5.23. The van der Waals surface area contributed by atoms with Gasteiger partial charge in [0.1, 0.15) is 5.69 Å². The Morgan fingerprint density at radius 2 is 1.52 bits per heavy atom. The van der Waals surface area contributed by atoms with Crippen molar-refractivity contribution in [3.05, 3.63) is 53.3 Å². The number of hydrogen-bond acceptors (Lipinski definition) is 2. The van der Waals surface area contributed by atoms with Gasteiger partial charge >= 0.3 is 18.0 Å². The van der Waals surface area contributed by atoms with Gasteiger partial charge in [0.2, 0.25) is 0 Å². The number of hydrogen-bond donors (Lipinski definition) is 1. The van der Waals surface area contributed by atoms with Gasteiger partial charge in [0.05, 0.1) is 5.69 Å². The van der Waals surface area contributed by atoms with Gasteiger partial charge in [-0.05, 0) is 18.1 Å². The Morgan fingerprint density at radius 3 is 2.04 bits per heavy atom. The van der Waals surface area contributed by atoms with Gasteiger partial charge in [-0.15, -0.1) is 0 Å². The number of carbonyl (C=O) groups excluding carboxylic acids is 1. The number of nitrogens with zero attached hydrogens (tertiary/aromatic N) is 1. The summed E-state index contributed by atoms with van der Waals surface area (Å²) < 4.78 is 89.7. The maximum absolute atomic E-state index is 13.8. The second kappa shape index (κ2) is 6.49. The van der Waals surface area contributed by atoms with Gasteiger partial charge in [-0.3, -0.25) is 9.89 Å². The first-order chi connectivity index (χ1) is 11.5. The van der Waals surface area contributed by atoms with Gasteiger partial charge in [0, 0.05) is 6.42 Å². The van der Waals surface area contributed by atoms with Crippen LogP contribution in [0.1, 0.15) is 28.2 Å². The third kappa shape index (κ3) is 3.67. The van der Waals surface area contributed by atoms with Crippen molar-refractivity contribution >= 4 is 5.78 Å². The molecule has 1 heterocycles. The molecule has 3 nitrogen and oxygen atoms in total. The number of aromatic amines is 1. The van der Waals surface area contributed by atoms with Crippen molar-refractivity contribution in [1.82, 2.24) is 10.2 Å². The standard InChI is InChI=1S/C15H11F7N2O/c16-13(14(17,18)19,15(20,21)22)12-8-10(23-24-12)11(25)7-6-9-4-2-1-3-5-9/h1-5,8H,6-7H2,(H,23,24). The molecule has 0 saturated heterocycles. The molecule has 0 radical (unpaired) electrons. The Balaban J connectivity index is 2.22. The highest BCUT2D eigenvalue weighted by molar-refractivity contribution is 5.94. The number of Topliss-reactive ketones (excluding diaryl/α,β-unsaturated/α-hetero) is 1. The van der Waals surface area contributed by atoms with Crippen LogP contribution in [0.5, 0.6) is 0 Å². The zero-order valence-corrected chi connectivity index (χ0v) is 12.4. The van der Waals surface area contributed by atoms with Crippen LogP contribution in [0.2, 0.25) is 0 Å². The summed E-state index contributed by atoms with van der Waals surface area (Å²) in [4.78, 5) is 11.9. The number of H-pyrrole nitrogens is 1. The lowest BCUT2D eigenvalue weighted by atomic mass is 9.99. The molecule has 0 aliphatic carbocycles. The number of carbonyl (C=O) groups is 1. The molecule has 0 bridgehead atoms. The van der Waals surface area contributed by atoms with Crippen LogP contribution in [-0.2, 0) is 12.1 Å². The highest BCUT2D eigenvalue weighted by Crippen LogP contribution is 2.52. The smallest absolute Gasteiger partial charge is 0.292 e. The topological polar surface area (TPSA) is 45.8 Å². The second-order valence-electron chi connectivity index (χ2n) is 5.23. The molecule has 0 aliphatic rings. The number of aromatic nitrogens is 2. The third-order valence-electron chi connectivity index (χ3n) is 3.50. The highest BCUT2D eigenvalue weighted by atomic mass is 19.4. The Bertz CT molecular complexity index is 720. The Kier molecular flexibility index (Phi) is 4.92. The summed E-state index contributed by atoms with van der Waals surface area (Å²) in [6, 6.07) is 8.69. The molecule has 1 N–H and O–H groups in total. The molecular weight excluding hydrogens is 357 g/mol. The van der Waals surface area contributed by atoms with Crippen LogP contribution in [0.4, 0.5) is 30.7 Å². The van der Waals surface area contributed by atoms with E-state index in [0.717, 1.165) is 5.56 Å². The molecule has 1 aromatic heterocycles. The van der Waals surface area contributed by atoms with E-state index >= 15 is 0 Å². The van der Waals surface area contributed by atoms with E-state index in [-0.39, 0.29) is 18.9 Å². The minimum absolute atomic E-state index is 0.147. The lowest BCUT2D eigenvalue weighted by Gasteiger charge is -2.28. The fourth-order valence-electron chi connectivity index (χ4n) is 2.14. The van der Waals surface area contributed by atoms with Crippen molar-refractivity contribution in [1.29, 1.82) is 0 Å². The summed E-state index contributed by atoms with van der Waals surface area (Å²) in [5.41, 5.74) is -7.46. The molecule has 25 heavy (non-hydrogen) atoms. The van der Waals surface area contributed by atoms with Crippen molar-refractivity contribution < 1.29 is 35.5 Å². The molecule has 10 heteroatoms. The zero-order valence-electron chi connectivity index (χ0n) is 12.4. The quantitative estimate of drug-likeness (QED) is 0.623. The first kappa shape index (κ1) is 18.9. The molecule has 0 unspecified atom stereocenters. The van der Waals surface area contributed by atoms with Crippen LogP contribution in [0.3, 0.4) is 0 Å². The van der Waals surface area contributed by atoms with E-state index in [2.05, 4.69) is 5.10 Å². The predicted molar refractivity (Wildman–Crippen MR) is 72.6 cm³/mol. The average Bonchev–Trinajstić information content (AvgIpc) is 3.00. The van der Waals surface area contributed by atoms with Crippen molar-refractivity contribution in [2.75, 3.05) is 0 Å². The fraction of sp³-hybridized carbons (Fsp3) is 0.333. The lowest BCUT2D eigenvalue weighted by Crippen LogP contribution is -2.50. The van der Waals surface area contributed by atoms with Crippen LogP contribution in [0, 0.1) is 0 Å². The molecule has 0 aliphatic heterocycles. The SMILES string of the molecule is O=C(CCc1ccccc1)c1cc(C(F)(C(F)(F)F)C(F)(F)F)[nH]n1. The number of benzene rings is 1. The molecule has 0 atom stereocenters. The lowest BCUT2D eigenvalue weighted by molar-refractivity contribution is -0.350. The average molecular weight is 368 g/mol. The molecule has 0 amide bonds. The van der Waals surface area contributed by atoms with Gasteiger partial charge in [0.25, 0.3) is 0 Å². The summed E-state index contributed by atoms with van der Waals surface area (Å²) in [7, 11) is 0. The number of halogens is 7. The van der Waals surface area contributed by atoms with Crippen molar-refractivity contribution in [3.8, 4) is 0 Å². The number of alkyl halides is 7. The minimum atomic E-state index is -6.26. The van der Waals surface area contributed by atoms with E-state index in [9.17, 15) is 35.5 Å². The van der Waals surface area contributed by atoms with E-state index in [4.69, 9.17) is 0 Å². The first-order valence-electron chi connectivity index (χ1n) is 6.92. The van der Waals surface area contributed by atoms with Crippen LogP contribution in [0.25, 0.3) is 0 Å². The van der Waals surface area contributed by atoms with Gasteiger partial charge in [0.15, 0.2) is 5.78 Å². The Hall–Kier alpha value is -2.39. The van der Waals surface area contributed by atoms with Gasteiger partial charge in [-0.25, -0.2) is 4.39 Å². The van der Waals surface area contributed by atoms with Gasteiger partial charge < -0.3 is 0 Å².